The number of aromatic nitrogens is 2. The number of aryl methyl sites for hydroxylation is 1. The molecule has 1 fully saturated rings. The summed E-state index contributed by atoms with van der Waals surface area (Å²) in [6.07, 6.45) is 4.64. The Labute approximate surface area is 156 Å². The number of carbonyl (C=O) groups is 1. The van der Waals surface area contributed by atoms with Crippen LogP contribution in [0, 0.1) is 5.92 Å². The second-order valence-corrected chi connectivity index (χ2v) is 8.85. The van der Waals surface area contributed by atoms with Crippen LogP contribution in [0.4, 0.5) is 0 Å². The Bertz CT molecular complexity index is 893. The smallest absolute Gasteiger partial charge is 0.262 e. The number of thiophene rings is 1. The van der Waals surface area contributed by atoms with Crippen molar-refractivity contribution in [2.75, 3.05) is 13.1 Å². The minimum atomic E-state index is -0.0789. The second-order valence-electron chi connectivity index (χ2n) is 7.77. The van der Waals surface area contributed by atoms with Gasteiger partial charge < -0.3 is 9.64 Å². The van der Waals surface area contributed by atoms with Gasteiger partial charge in [0.25, 0.3) is 5.56 Å². The molecule has 7 heteroatoms. The number of carbonyl (C=O) groups excluding carboxylic acids is 1. The first-order chi connectivity index (χ1) is 12.4. The molecule has 140 valence electrons. The lowest BCUT2D eigenvalue weighted by molar-refractivity contribution is -0.143. The molecule has 2 aromatic heterocycles. The lowest BCUT2D eigenvalue weighted by Gasteiger charge is -2.35. The Morgan fingerprint density at radius 2 is 2.04 bits per heavy atom. The quantitative estimate of drug-likeness (QED) is 0.807. The standard InChI is InChI=1S/C19H25N3O3S/c1-11-4-5-14-15(6-11)26-18-17(14)19(24)22(10-20-18)9-16(23)21-7-12(2)25-13(3)8-21/h10-13H,4-9H2,1-3H3/t11-,12-,13+/m1/s1. The van der Waals surface area contributed by atoms with Crippen molar-refractivity contribution in [1.29, 1.82) is 0 Å². The normalized spacial score (nSPS) is 26.1. The molecule has 0 aromatic carbocycles. The summed E-state index contributed by atoms with van der Waals surface area (Å²) >= 11 is 1.64. The lowest BCUT2D eigenvalue weighted by atomic mass is 9.89. The van der Waals surface area contributed by atoms with Crippen LogP contribution in [0.3, 0.4) is 0 Å². The third-order valence-electron chi connectivity index (χ3n) is 5.36. The van der Waals surface area contributed by atoms with Crippen LogP contribution in [-0.4, -0.2) is 45.7 Å². The first kappa shape index (κ1) is 17.7. The number of amides is 1. The number of morpholine rings is 1. The molecule has 1 amide bonds. The predicted octanol–water partition coefficient (Wildman–Crippen LogP) is 2.22. The molecule has 6 nitrogen and oxygen atoms in total. The summed E-state index contributed by atoms with van der Waals surface area (Å²) in [7, 11) is 0. The minimum Gasteiger partial charge on any atom is -0.372 e. The fourth-order valence-electron chi connectivity index (χ4n) is 4.11. The number of hydrogen-bond acceptors (Lipinski definition) is 5. The van der Waals surface area contributed by atoms with Crippen molar-refractivity contribution >= 4 is 27.5 Å². The van der Waals surface area contributed by atoms with Crippen molar-refractivity contribution in [2.24, 2.45) is 5.92 Å². The molecule has 4 rings (SSSR count). The van der Waals surface area contributed by atoms with Crippen LogP contribution in [-0.2, 0) is 28.9 Å². The molecule has 3 heterocycles. The average molecular weight is 375 g/mol. The first-order valence-corrected chi connectivity index (χ1v) is 10.2. The van der Waals surface area contributed by atoms with E-state index in [4.69, 9.17) is 4.74 Å². The van der Waals surface area contributed by atoms with Gasteiger partial charge in [-0.1, -0.05) is 6.92 Å². The molecular formula is C19H25N3O3S. The van der Waals surface area contributed by atoms with E-state index in [0.717, 1.165) is 35.0 Å². The molecule has 0 N–H and O–H groups in total. The van der Waals surface area contributed by atoms with Gasteiger partial charge in [-0.05, 0) is 44.6 Å². The Balaban J connectivity index is 1.62. The molecule has 2 aromatic rings. The van der Waals surface area contributed by atoms with E-state index in [9.17, 15) is 9.59 Å². The van der Waals surface area contributed by atoms with E-state index in [1.54, 1.807) is 16.2 Å². The van der Waals surface area contributed by atoms with E-state index in [1.165, 1.54) is 15.8 Å². The highest BCUT2D eigenvalue weighted by Gasteiger charge is 2.27. The number of ether oxygens (including phenoxy) is 1. The predicted molar refractivity (Wildman–Crippen MR) is 102 cm³/mol. The average Bonchev–Trinajstić information content (AvgIpc) is 2.94. The third-order valence-corrected chi connectivity index (χ3v) is 6.52. The molecule has 0 bridgehead atoms. The van der Waals surface area contributed by atoms with Gasteiger partial charge in [0.1, 0.15) is 11.4 Å². The molecule has 0 unspecified atom stereocenters. The van der Waals surface area contributed by atoms with E-state index >= 15 is 0 Å². The Morgan fingerprint density at radius 3 is 2.77 bits per heavy atom. The van der Waals surface area contributed by atoms with Gasteiger partial charge in [0.2, 0.25) is 5.91 Å². The zero-order chi connectivity index (χ0) is 18.4. The molecule has 0 saturated carbocycles. The fraction of sp³-hybridized carbons (Fsp3) is 0.632. The summed E-state index contributed by atoms with van der Waals surface area (Å²) in [5.74, 6) is 0.609. The van der Waals surface area contributed by atoms with Gasteiger partial charge in [0.15, 0.2) is 0 Å². The van der Waals surface area contributed by atoms with E-state index < -0.39 is 0 Å². The van der Waals surface area contributed by atoms with Gasteiger partial charge in [-0.15, -0.1) is 11.3 Å². The van der Waals surface area contributed by atoms with Gasteiger partial charge in [0, 0.05) is 18.0 Å². The highest BCUT2D eigenvalue weighted by molar-refractivity contribution is 7.18. The number of nitrogens with zero attached hydrogens (tertiary/aromatic N) is 3. The molecule has 0 radical (unpaired) electrons. The van der Waals surface area contributed by atoms with Gasteiger partial charge >= 0.3 is 0 Å². The Hall–Kier alpha value is -1.73. The Morgan fingerprint density at radius 1 is 1.31 bits per heavy atom. The molecular weight excluding hydrogens is 350 g/mol. The number of fused-ring (bicyclic) bond motifs is 3. The van der Waals surface area contributed by atoms with Crippen molar-refractivity contribution in [3.05, 3.63) is 27.1 Å². The highest BCUT2D eigenvalue weighted by atomic mass is 32.1. The molecule has 2 aliphatic rings. The summed E-state index contributed by atoms with van der Waals surface area (Å²) in [5.41, 5.74) is 1.08. The van der Waals surface area contributed by atoms with Crippen LogP contribution in [0.1, 0.15) is 37.6 Å². The molecule has 26 heavy (non-hydrogen) atoms. The summed E-state index contributed by atoms with van der Waals surface area (Å²) < 4.78 is 7.16. The minimum absolute atomic E-state index is 0.0194. The van der Waals surface area contributed by atoms with Crippen molar-refractivity contribution in [1.82, 2.24) is 14.5 Å². The molecule has 0 spiro atoms. The number of hydrogen-bond donors (Lipinski definition) is 0. The maximum Gasteiger partial charge on any atom is 0.262 e. The van der Waals surface area contributed by atoms with E-state index in [-0.39, 0.29) is 30.2 Å². The van der Waals surface area contributed by atoms with Crippen LogP contribution in [0.5, 0.6) is 0 Å². The number of rotatable bonds is 2. The van der Waals surface area contributed by atoms with Crippen LogP contribution in [0.25, 0.3) is 10.2 Å². The Kier molecular flexibility index (Phi) is 4.61. The van der Waals surface area contributed by atoms with Crippen molar-refractivity contribution in [3.8, 4) is 0 Å². The van der Waals surface area contributed by atoms with Crippen LogP contribution in [0.15, 0.2) is 11.1 Å². The van der Waals surface area contributed by atoms with Gasteiger partial charge in [-0.3, -0.25) is 14.2 Å². The summed E-state index contributed by atoms with van der Waals surface area (Å²) in [4.78, 5) is 34.1. The van der Waals surface area contributed by atoms with Gasteiger partial charge in [-0.25, -0.2) is 4.98 Å². The van der Waals surface area contributed by atoms with E-state index in [0.29, 0.717) is 19.0 Å². The largest absolute Gasteiger partial charge is 0.372 e. The van der Waals surface area contributed by atoms with Crippen molar-refractivity contribution in [3.63, 3.8) is 0 Å². The molecule has 1 saturated heterocycles. The topological polar surface area (TPSA) is 64.4 Å². The summed E-state index contributed by atoms with van der Waals surface area (Å²) in [5, 5.41) is 0.732. The van der Waals surface area contributed by atoms with Crippen molar-refractivity contribution < 1.29 is 9.53 Å². The molecule has 1 aliphatic heterocycles. The maximum absolute atomic E-state index is 13.0. The van der Waals surface area contributed by atoms with Crippen molar-refractivity contribution in [2.45, 2.75) is 58.8 Å². The summed E-state index contributed by atoms with van der Waals surface area (Å²) in [6.45, 7) is 7.37. The fourth-order valence-corrected chi connectivity index (χ4v) is 5.45. The van der Waals surface area contributed by atoms with Gasteiger partial charge in [0.05, 0.1) is 23.9 Å². The maximum atomic E-state index is 13.0. The first-order valence-electron chi connectivity index (χ1n) is 9.35. The van der Waals surface area contributed by atoms with Gasteiger partial charge in [-0.2, -0.15) is 0 Å². The third kappa shape index (κ3) is 3.18. The van der Waals surface area contributed by atoms with E-state index in [2.05, 4.69) is 11.9 Å². The highest BCUT2D eigenvalue weighted by Crippen LogP contribution is 2.35. The second kappa shape index (κ2) is 6.78. The van der Waals surface area contributed by atoms with Crippen LogP contribution < -0.4 is 5.56 Å². The zero-order valence-corrected chi connectivity index (χ0v) is 16.3. The lowest BCUT2D eigenvalue weighted by Crippen LogP contribution is -2.49. The molecule has 3 atom stereocenters. The van der Waals surface area contributed by atoms with Crippen LogP contribution >= 0.6 is 11.3 Å². The zero-order valence-electron chi connectivity index (χ0n) is 15.5. The molecule has 1 aliphatic carbocycles. The summed E-state index contributed by atoms with van der Waals surface area (Å²) in [6, 6.07) is 0. The van der Waals surface area contributed by atoms with E-state index in [1.807, 2.05) is 13.8 Å². The SMILES string of the molecule is C[C@@H]1CCc2c(sc3ncn(CC(=O)N4C[C@@H](C)O[C@@H](C)C4)c(=O)c23)C1. The van der Waals surface area contributed by atoms with Crippen LogP contribution in [0.2, 0.25) is 0 Å². The monoisotopic (exact) mass is 375 g/mol.